The van der Waals surface area contributed by atoms with Crippen LogP contribution in [-0.4, -0.2) is 38.3 Å². The molecule has 4 rings (SSSR count). The number of fused-ring (bicyclic) bond motifs is 1. The summed E-state index contributed by atoms with van der Waals surface area (Å²) >= 11 is 0. The number of nitrogens with zero attached hydrogens (tertiary/aromatic N) is 2. The first-order valence-electron chi connectivity index (χ1n) is 8.91. The molecule has 1 aromatic carbocycles. The Balaban J connectivity index is 1.60. The summed E-state index contributed by atoms with van der Waals surface area (Å²) in [4.78, 5) is 14.5. The Kier molecular flexibility index (Phi) is 3.92. The first-order chi connectivity index (χ1) is 11.5. The largest absolute Gasteiger partial charge is 0.312 e. The molecule has 1 saturated heterocycles. The van der Waals surface area contributed by atoms with Crippen LogP contribution in [0.2, 0.25) is 0 Å². The zero-order valence-corrected chi connectivity index (χ0v) is 14.9. The lowest BCUT2D eigenvalue weighted by molar-refractivity contribution is -0.119. The van der Waals surface area contributed by atoms with E-state index in [0.29, 0.717) is 30.4 Å². The molecule has 2 heterocycles. The van der Waals surface area contributed by atoms with Gasteiger partial charge in [-0.25, -0.2) is 8.42 Å². The minimum Gasteiger partial charge on any atom is -0.312 e. The summed E-state index contributed by atoms with van der Waals surface area (Å²) in [6, 6.07) is 5.28. The monoisotopic (exact) mass is 348 g/mol. The Morgan fingerprint density at radius 2 is 1.96 bits per heavy atom. The van der Waals surface area contributed by atoms with E-state index in [-0.39, 0.29) is 11.8 Å². The van der Waals surface area contributed by atoms with E-state index in [1.807, 2.05) is 11.0 Å². The van der Waals surface area contributed by atoms with Crippen molar-refractivity contribution in [2.24, 2.45) is 11.8 Å². The fraction of sp³-hybridized carbons (Fsp3) is 0.611. The SMILES string of the molecule is C[C@H]1CCCN(S(=O)(=O)c2ccc3c(c2)CCN3C(=O)C2CC2)C1. The number of rotatable bonds is 3. The molecule has 24 heavy (non-hydrogen) atoms. The molecule has 130 valence electrons. The highest BCUT2D eigenvalue weighted by atomic mass is 32.2. The second-order valence-electron chi connectivity index (χ2n) is 7.42. The van der Waals surface area contributed by atoms with Gasteiger partial charge in [0.1, 0.15) is 0 Å². The van der Waals surface area contributed by atoms with Crippen molar-refractivity contribution in [1.29, 1.82) is 0 Å². The number of anilines is 1. The Bertz CT molecular complexity index is 770. The van der Waals surface area contributed by atoms with Gasteiger partial charge < -0.3 is 4.90 Å². The van der Waals surface area contributed by atoms with Gasteiger partial charge in [0.15, 0.2) is 0 Å². The van der Waals surface area contributed by atoms with E-state index in [9.17, 15) is 13.2 Å². The Hall–Kier alpha value is -1.40. The minimum absolute atomic E-state index is 0.189. The molecule has 0 aromatic heterocycles. The van der Waals surface area contributed by atoms with Crippen molar-refractivity contribution in [2.45, 2.75) is 43.9 Å². The van der Waals surface area contributed by atoms with E-state index < -0.39 is 10.0 Å². The molecule has 0 spiro atoms. The zero-order valence-electron chi connectivity index (χ0n) is 14.1. The molecule has 0 N–H and O–H groups in total. The van der Waals surface area contributed by atoms with Crippen molar-refractivity contribution in [3.05, 3.63) is 23.8 Å². The normalized spacial score (nSPS) is 24.9. The highest BCUT2D eigenvalue weighted by Crippen LogP contribution is 2.37. The lowest BCUT2D eigenvalue weighted by atomic mass is 10.0. The first-order valence-corrected chi connectivity index (χ1v) is 10.4. The summed E-state index contributed by atoms with van der Waals surface area (Å²) in [7, 11) is -3.43. The maximum atomic E-state index is 12.9. The second kappa shape index (κ2) is 5.85. The highest BCUT2D eigenvalue weighted by molar-refractivity contribution is 7.89. The van der Waals surface area contributed by atoms with Crippen LogP contribution in [0, 0.1) is 11.8 Å². The molecular formula is C18H24N2O3S. The Morgan fingerprint density at radius 3 is 2.67 bits per heavy atom. The van der Waals surface area contributed by atoms with Crippen LogP contribution < -0.4 is 4.90 Å². The maximum absolute atomic E-state index is 12.9. The van der Waals surface area contributed by atoms with Crippen LogP contribution in [0.1, 0.15) is 38.2 Å². The lowest BCUT2D eigenvalue weighted by Crippen LogP contribution is -2.39. The maximum Gasteiger partial charge on any atom is 0.243 e. The summed E-state index contributed by atoms with van der Waals surface area (Å²) in [6.07, 6.45) is 4.74. The van der Waals surface area contributed by atoms with E-state index in [1.165, 1.54) is 0 Å². The molecule has 0 bridgehead atoms. The Labute approximate surface area is 143 Å². The first kappa shape index (κ1) is 16.1. The summed E-state index contributed by atoms with van der Waals surface area (Å²) in [6.45, 7) is 3.99. The van der Waals surface area contributed by atoms with E-state index in [1.54, 1.807) is 16.4 Å². The van der Waals surface area contributed by atoms with Crippen LogP contribution in [0.5, 0.6) is 0 Å². The topological polar surface area (TPSA) is 57.7 Å². The summed E-state index contributed by atoms with van der Waals surface area (Å²) < 4.78 is 27.4. The van der Waals surface area contributed by atoms with Crippen LogP contribution in [0.4, 0.5) is 5.69 Å². The molecule has 0 unspecified atom stereocenters. The van der Waals surface area contributed by atoms with E-state index in [2.05, 4.69) is 6.92 Å². The van der Waals surface area contributed by atoms with Crippen molar-refractivity contribution in [1.82, 2.24) is 4.31 Å². The van der Waals surface area contributed by atoms with Gasteiger partial charge in [0, 0.05) is 31.2 Å². The number of hydrogen-bond donors (Lipinski definition) is 0. The van der Waals surface area contributed by atoms with Crippen molar-refractivity contribution in [2.75, 3.05) is 24.5 Å². The van der Waals surface area contributed by atoms with Crippen molar-refractivity contribution in [3.8, 4) is 0 Å². The highest BCUT2D eigenvalue weighted by Gasteiger charge is 2.37. The van der Waals surface area contributed by atoms with Gasteiger partial charge >= 0.3 is 0 Å². The number of benzene rings is 1. The molecule has 1 saturated carbocycles. The van der Waals surface area contributed by atoms with Crippen molar-refractivity contribution >= 4 is 21.6 Å². The van der Waals surface area contributed by atoms with Crippen LogP contribution in [-0.2, 0) is 21.2 Å². The van der Waals surface area contributed by atoms with Gasteiger partial charge in [-0.15, -0.1) is 0 Å². The molecule has 3 aliphatic rings. The second-order valence-corrected chi connectivity index (χ2v) is 9.35. The molecule has 1 atom stereocenters. The average molecular weight is 348 g/mol. The molecule has 5 nitrogen and oxygen atoms in total. The molecular weight excluding hydrogens is 324 g/mol. The molecule has 1 amide bonds. The minimum atomic E-state index is -3.43. The van der Waals surface area contributed by atoms with Gasteiger partial charge in [0.2, 0.25) is 15.9 Å². The van der Waals surface area contributed by atoms with Gasteiger partial charge in [0.05, 0.1) is 4.90 Å². The lowest BCUT2D eigenvalue weighted by Gasteiger charge is -2.30. The standard InChI is InChI=1S/C18H24N2O3S/c1-13-3-2-9-19(12-13)24(22,23)16-6-7-17-15(11-16)8-10-20(17)18(21)14-4-5-14/h6-7,11,13-14H,2-5,8-10,12H2,1H3/t13-/m0/s1. The summed E-state index contributed by atoms with van der Waals surface area (Å²) in [5.41, 5.74) is 1.88. The van der Waals surface area contributed by atoms with E-state index in [0.717, 1.165) is 43.4 Å². The summed E-state index contributed by atoms with van der Waals surface area (Å²) in [5.74, 6) is 0.804. The Morgan fingerprint density at radius 1 is 1.17 bits per heavy atom. The third-order valence-corrected chi connectivity index (χ3v) is 7.26. The molecule has 1 aromatic rings. The molecule has 1 aliphatic carbocycles. The average Bonchev–Trinajstić information content (AvgIpc) is 3.33. The number of carbonyl (C=O) groups excluding carboxylic acids is 1. The number of sulfonamides is 1. The zero-order chi connectivity index (χ0) is 16.9. The van der Waals surface area contributed by atoms with Crippen LogP contribution >= 0.6 is 0 Å². The number of carbonyl (C=O) groups is 1. The van der Waals surface area contributed by atoms with Gasteiger partial charge in [-0.3, -0.25) is 4.79 Å². The predicted molar refractivity (Wildman–Crippen MR) is 92.4 cm³/mol. The van der Waals surface area contributed by atoms with Gasteiger partial charge in [-0.1, -0.05) is 6.92 Å². The number of hydrogen-bond acceptors (Lipinski definition) is 3. The fourth-order valence-corrected chi connectivity index (χ4v) is 5.48. The summed E-state index contributed by atoms with van der Waals surface area (Å²) in [5, 5.41) is 0. The van der Waals surface area contributed by atoms with Crippen molar-refractivity contribution in [3.63, 3.8) is 0 Å². The van der Waals surface area contributed by atoms with Crippen LogP contribution in [0.3, 0.4) is 0 Å². The number of piperidine rings is 1. The van der Waals surface area contributed by atoms with Crippen molar-refractivity contribution < 1.29 is 13.2 Å². The molecule has 2 aliphatic heterocycles. The van der Waals surface area contributed by atoms with Gasteiger partial charge in [-0.2, -0.15) is 4.31 Å². The fourth-order valence-electron chi connectivity index (χ4n) is 3.83. The van der Waals surface area contributed by atoms with Gasteiger partial charge in [-0.05, 0) is 61.8 Å². The molecule has 6 heteroatoms. The van der Waals surface area contributed by atoms with E-state index in [4.69, 9.17) is 0 Å². The van der Waals surface area contributed by atoms with Gasteiger partial charge in [0.25, 0.3) is 0 Å². The van der Waals surface area contributed by atoms with E-state index >= 15 is 0 Å². The molecule has 0 radical (unpaired) electrons. The number of amides is 1. The van der Waals surface area contributed by atoms with Crippen LogP contribution in [0.15, 0.2) is 23.1 Å². The third kappa shape index (κ3) is 2.75. The smallest absolute Gasteiger partial charge is 0.243 e. The third-order valence-electron chi connectivity index (χ3n) is 5.40. The molecule has 2 fully saturated rings. The predicted octanol–water partition coefficient (Wildman–Crippen LogP) is 2.41. The quantitative estimate of drug-likeness (QED) is 0.843. The van der Waals surface area contributed by atoms with Crippen LogP contribution in [0.25, 0.3) is 0 Å².